The highest BCUT2D eigenvalue weighted by Gasteiger charge is 2.14. The van der Waals surface area contributed by atoms with Gasteiger partial charge in [-0.25, -0.2) is 0 Å². The standard InChI is InChI=1S/C11H16N6O/c1-8-4-13-17(5-8)6-10(18)14-9(2)11-15-12-7-16(11)3/h4-5,7,9H,6H2,1-3H3,(H,14,18)/t9-/m1/s1. The number of carbonyl (C=O) groups excluding carboxylic acids is 1. The number of nitrogens with one attached hydrogen (secondary N) is 1. The highest BCUT2D eigenvalue weighted by Crippen LogP contribution is 2.06. The van der Waals surface area contributed by atoms with Gasteiger partial charge in [-0.05, 0) is 19.4 Å². The minimum Gasteiger partial charge on any atom is -0.345 e. The van der Waals surface area contributed by atoms with Gasteiger partial charge in [0.1, 0.15) is 12.9 Å². The number of amides is 1. The Bertz CT molecular complexity index is 543. The molecule has 0 fully saturated rings. The Labute approximate surface area is 105 Å². The molecule has 0 bridgehead atoms. The van der Waals surface area contributed by atoms with E-state index in [1.165, 1.54) is 0 Å². The summed E-state index contributed by atoms with van der Waals surface area (Å²) in [4.78, 5) is 11.8. The first kappa shape index (κ1) is 12.3. The first-order valence-electron chi connectivity index (χ1n) is 5.68. The zero-order valence-corrected chi connectivity index (χ0v) is 10.7. The molecule has 0 saturated carbocycles. The van der Waals surface area contributed by atoms with E-state index in [1.54, 1.807) is 21.8 Å². The summed E-state index contributed by atoms with van der Waals surface area (Å²) < 4.78 is 3.39. The molecule has 0 aromatic carbocycles. The Morgan fingerprint density at radius 3 is 2.89 bits per heavy atom. The Morgan fingerprint density at radius 1 is 1.56 bits per heavy atom. The molecule has 1 amide bonds. The molecule has 0 saturated heterocycles. The lowest BCUT2D eigenvalue weighted by Gasteiger charge is -2.12. The van der Waals surface area contributed by atoms with Crippen molar-refractivity contribution in [3.63, 3.8) is 0 Å². The van der Waals surface area contributed by atoms with Crippen LogP contribution in [0.5, 0.6) is 0 Å². The second-order valence-corrected chi connectivity index (χ2v) is 4.30. The van der Waals surface area contributed by atoms with E-state index in [-0.39, 0.29) is 18.5 Å². The van der Waals surface area contributed by atoms with Gasteiger partial charge in [-0.3, -0.25) is 9.48 Å². The predicted molar refractivity (Wildman–Crippen MR) is 64.5 cm³/mol. The summed E-state index contributed by atoms with van der Waals surface area (Å²) in [6.45, 7) is 4.01. The van der Waals surface area contributed by atoms with Crippen LogP contribution in [0.15, 0.2) is 18.7 Å². The van der Waals surface area contributed by atoms with E-state index in [9.17, 15) is 4.79 Å². The van der Waals surface area contributed by atoms with Crippen LogP contribution in [-0.2, 0) is 18.4 Å². The predicted octanol–water partition coefficient (Wildman–Crippen LogP) is 0.197. The minimum atomic E-state index is -0.179. The van der Waals surface area contributed by atoms with Gasteiger partial charge in [-0.2, -0.15) is 5.10 Å². The van der Waals surface area contributed by atoms with Crippen LogP contribution in [0.4, 0.5) is 0 Å². The van der Waals surface area contributed by atoms with Crippen molar-refractivity contribution in [3.05, 3.63) is 30.1 Å². The highest BCUT2D eigenvalue weighted by molar-refractivity contribution is 5.75. The van der Waals surface area contributed by atoms with Crippen LogP contribution in [-0.4, -0.2) is 30.5 Å². The van der Waals surface area contributed by atoms with Crippen molar-refractivity contribution in [3.8, 4) is 0 Å². The smallest absolute Gasteiger partial charge is 0.242 e. The first-order valence-corrected chi connectivity index (χ1v) is 5.68. The molecule has 2 aromatic heterocycles. The number of nitrogens with zero attached hydrogens (tertiary/aromatic N) is 5. The summed E-state index contributed by atoms with van der Waals surface area (Å²) in [5, 5.41) is 14.7. The number of aromatic nitrogens is 5. The van der Waals surface area contributed by atoms with Gasteiger partial charge >= 0.3 is 0 Å². The average molecular weight is 248 g/mol. The Morgan fingerprint density at radius 2 is 2.33 bits per heavy atom. The van der Waals surface area contributed by atoms with Crippen molar-refractivity contribution >= 4 is 5.91 Å². The normalized spacial score (nSPS) is 12.4. The second kappa shape index (κ2) is 4.99. The largest absolute Gasteiger partial charge is 0.345 e. The Balaban J connectivity index is 1.93. The summed E-state index contributed by atoms with van der Waals surface area (Å²) in [6, 6.07) is -0.179. The van der Waals surface area contributed by atoms with Gasteiger partial charge in [0.05, 0.1) is 12.2 Å². The van der Waals surface area contributed by atoms with Crippen LogP contribution in [0.2, 0.25) is 0 Å². The zero-order valence-electron chi connectivity index (χ0n) is 10.7. The number of rotatable bonds is 4. The fourth-order valence-corrected chi connectivity index (χ4v) is 1.74. The van der Waals surface area contributed by atoms with Crippen molar-refractivity contribution in [2.24, 2.45) is 7.05 Å². The number of carbonyl (C=O) groups is 1. The van der Waals surface area contributed by atoms with Crippen molar-refractivity contribution in [1.82, 2.24) is 29.9 Å². The first-order chi connectivity index (χ1) is 8.56. The third-order valence-corrected chi connectivity index (χ3v) is 2.58. The Hall–Kier alpha value is -2.18. The molecule has 0 aliphatic heterocycles. The zero-order chi connectivity index (χ0) is 13.1. The molecule has 2 aromatic rings. The van der Waals surface area contributed by atoms with E-state index in [0.717, 1.165) is 11.4 Å². The van der Waals surface area contributed by atoms with Gasteiger partial charge in [0, 0.05) is 13.2 Å². The molecular weight excluding hydrogens is 232 g/mol. The van der Waals surface area contributed by atoms with Gasteiger partial charge in [0.15, 0.2) is 5.82 Å². The fraction of sp³-hybridized carbons (Fsp3) is 0.455. The molecule has 1 N–H and O–H groups in total. The maximum absolute atomic E-state index is 11.8. The lowest BCUT2D eigenvalue weighted by atomic mass is 10.3. The summed E-state index contributed by atoms with van der Waals surface area (Å²) in [5.74, 6) is 0.619. The van der Waals surface area contributed by atoms with E-state index < -0.39 is 0 Å². The van der Waals surface area contributed by atoms with Crippen LogP contribution in [0, 0.1) is 6.92 Å². The van der Waals surface area contributed by atoms with E-state index in [1.807, 2.05) is 27.1 Å². The van der Waals surface area contributed by atoms with Crippen LogP contribution in [0.3, 0.4) is 0 Å². The van der Waals surface area contributed by atoms with Crippen molar-refractivity contribution < 1.29 is 4.79 Å². The van der Waals surface area contributed by atoms with E-state index in [4.69, 9.17) is 0 Å². The molecule has 7 nitrogen and oxygen atoms in total. The molecule has 2 rings (SSSR count). The quantitative estimate of drug-likeness (QED) is 0.838. The van der Waals surface area contributed by atoms with Crippen LogP contribution in [0.25, 0.3) is 0 Å². The number of aryl methyl sites for hydroxylation is 2. The third-order valence-electron chi connectivity index (χ3n) is 2.58. The van der Waals surface area contributed by atoms with Gasteiger partial charge in [-0.1, -0.05) is 0 Å². The summed E-state index contributed by atoms with van der Waals surface area (Å²) >= 11 is 0. The lowest BCUT2D eigenvalue weighted by Crippen LogP contribution is -2.31. The molecule has 0 aliphatic rings. The number of hydrogen-bond donors (Lipinski definition) is 1. The van der Waals surface area contributed by atoms with E-state index in [2.05, 4.69) is 20.6 Å². The van der Waals surface area contributed by atoms with Gasteiger partial charge in [0.2, 0.25) is 5.91 Å². The van der Waals surface area contributed by atoms with Crippen LogP contribution < -0.4 is 5.32 Å². The molecule has 96 valence electrons. The van der Waals surface area contributed by atoms with Crippen LogP contribution in [0.1, 0.15) is 24.4 Å². The summed E-state index contributed by atoms with van der Waals surface area (Å²) in [7, 11) is 1.84. The molecule has 0 spiro atoms. The van der Waals surface area contributed by atoms with Gasteiger partial charge < -0.3 is 9.88 Å². The molecule has 1 atom stereocenters. The molecule has 0 aliphatic carbocycles. The highest BCUT2D eigenvalue weighted by atomic mass is 16.2. The molecule has 0 radical (unpaired) electrons. The van der Waals surface area contributed by atoms with Crippen molar-refractivity contribution in [1.29, 1.82) is 0 Å². The van der Waals surface area contributed by atoms with E-state index >= 15 is 0 Å². The molecule has 0 unspecified atom stereocenters. The van der Waals surface area contributed by atoms with E-state index in [0.29, 0.717) is 0 Å². The van der Waals surface area contributed by atoms with Crippen molar-refractivity contribution in [2.75, 3.05) is 0 Å². The summed E-state index contributed by atoms with van der Waals surface area (Å²) in [5.41, 5.74) is 1.03. The van der Waals surface area contributed by atoms with Crippen molar-refractivity contribution in [2.45, 2.75) is 26.4 Å². The van der Waals surface area contributed by atoms with Gasteiger partial charge in [0.25, 0.3) is 0 Å². The Kier molecular flexibility index (Phi) is 3.40. The van der Waals surface area contributed by atoms with Crippen LogP contribution >= 0.6 is 0 Å². The molecular formula is C11H16N6O. The second-order valence-electron chi connectivity index (χ2n) is 4.30. The maximum Gasteiger partial charge on any atom is 0.242 e. The van der Waals surface area contributed by atoms with Gasteiger partial charge in [-0.15, -0.1) is 10.2 Å². The topological polar surface area (TPSA) is 77.6 Å². The average Bonchev–Trinajstić information content (AvgIpc) is 2.87. The third kappa shape index (κ3) is 2.73. The maximum atomic E-state index is 11.8. The molecule has 18 heavy (non-hydrogen) atoms. The monoisotopic (exact) mass is 248 g/mol. The number of hydrogen-bond acceptors (Lipinski definition) is 4. The lowest BCUT2D eigenvalue weighted by molar-refractivity contribution is -0.122. The fourth-order valence-electron chi connectivity index (χ4n) is 1.74. The SMILES string of the molecule is Cc1cnn(CC(=O)N[C@H](C)c2nncn2C)c1. The molecule has 7 heteroatoms. The summed E-state index contributed by atoms with van der Waals surface area (Å²) in [6.07, 6.45) is 5.15. The molecule has 2 heterocycles. The minimum absolute atomic E-state index is 0.103.